The zero-order valence-electron chi connectivity index (χ0n) is 8.15. The fraction of sp³-hybridized carbons (Fsp3) is 0.300. The molecule has 0 atom stereocenters. The van der Waals surface area contributed by atoms with Crippen molar-refractivity contribution in [3.8, 4) is 5.75 Å². The molecule has 14 heavy (non-hydrogen) atoms. The lowest BCUT2D eigenvalue weighted by atomic mass is 10.2. The lowest BCUT2D eigenvalue weighted by Crippen LogP contribution is -2.06. The summed E-state index contributed by atoms with van der Waals surface area (Å²) in [5.74, 6) is 0.195. The minimum atomic E-state index is -0.347. The Bertz CT molecular complexity index is 299. The van der Waals surface area contributed by atoms with Crippen molar-refractivity contribution in [2.45, 2.75) is 6.92 Å². The van der Waals surface area contributed by atoms with E-state index in [9.17, 15) is 4.79 Å². The molecule has 78 valence electrons. The molecule has 0 unspecified atom stereocenters. The lowest BCUT2D eigenvalue weighted by Gasteiger charge is -2.06. The molecule has 0 N–H and O–H groups in total. The summed E-state index contributed by atoms with van der Waals surface area (Å²) in [4.78, 5) is 11.3. The second kappa shape index (κ2) is 6.27. The van der Waals surface area contributed by atoms with Gasteiger partial charge in [0, 0.05) is 0 Å². The zero-order chi connectivity index (χ0) is 9.68. The second-order valence-corrected chi connectivity index (χ2v) is 2.42. The van der Waals surface area contributed by atoms with Gasteiger partial charge in [0.05, 0.1) is 13.7 Å². The maximum Gasteiger partial charge on any atom is 0.341 e. The topological polar surface area (TPSA) is 35.5 Å². The average Bonchev–Trinajstić information content (AvgIpc) is 2.18. The number of benzene rings is 1. The lowest BCUT2D eigenvalue weighted by molar-refractivity contribution is 0.0522. The summed E-state index contributed by atoms with van der Waals surface area (Å²) in [6.07, 6.45) is 0. The molecular weight excluding hydrogens is 204 g/mol. The smallest absolute Gasteiger partial charge is 0.341 e. The predicted octanol–water partition coefficient (Wildman–Crippen LogP) is 2.29. The summed E-state index contributed by atoms with van der Waals surface area (Å²) in [6.45, 7) is 2.14. The molecule has 0 radical (unpaired) electrons. The van der Waals surface area contributed by atoms with Crippen molar-refractivity contribution < 1.29 is 14.3 Å². The Morgan fingerprint density at radius 3 is 2.57 bits per heavy atom. The molecule has 1 aromatic rings. The van der Waals surface area contributed by atoms with E-state index >= 15 is 0 Å². The van der Waals surface area contributed by atoms with E-state index in [1.807, 2.05) is 6.07 Å². The van der Waals surface area contributed by atoms with Crippen LogP contribution >= 0.6 is 12.4 Å². The van der Waals surface area contributed by atoms with Crippen LogP contribution in [0, 0.1) is 0 Å². The van der Waals surface area contributed by atoms with E-state index in [0.717, 1.165) is 0 Å². The van der Waals surface area contributed by atoms with Crippen LogP contribution in [-0.2, 0) is 4.74 Å². The minimum absolute atomic E-state index is 0. The third-order valence-corrected chi connectivity index (χ3v) is 1.60. The highest BCUT2D eigenvalue weighted by Gasteiger charge is 2.11. The molecule has 0 aliphatic rings. The molecule has 0 amide bonds. The molecule has 0 aliphatic carbocycles. The second-order valence-electron chi connectivity index (χ2n) is 2.42. The highest BCUT2D eigenvalue weighted by molar-refractivity contribution is 5.92. The van der Waals surface area contributed by atoms with Gasteiger partial charge in [-0.05, 0) is 19.1 Å². The fourth-order valence-electron chi connectivity index (χ4n) is 1.02. The SMILES string of the molecule is CCOC(=O)c1ccccc1OC.Cl. The summed E-state index contributed by atoms with van der Waals surface area (Å²) in [6, 6.07) is 6.99. The number of methoxy groups -OCH3 is 1. The van der Waals surface area contributed by atoms with Crippen LogP contribution in [0.2, 0.25) is 0 Å². The van der Waals surface area contributed by atoms with E-state index < -0.39 is 0 Å². The van der Waals surface area contributed by atoms with E-state index in [2.05, 4.69) is 0 Å². The van der Waals surface area contributed by atoms with Crippen LogP contribution in [-0.4, -0.2) is 19.7 Å². The average molecular weight is 217 g/mol. The van der Waals surface area contributed by atoms with Gasteiger partial charge in [-0.15, -0.1) is 12.4 Å². The monoisotopic (exact) mass is 216 g/mol. The van der Waals surface area contributed by atoms with Gasteiger partial charge in [-0.25, -0.2) is 4.79 Å². The largest absolute Gasteiger partial charge is 0.496 e. The molecule has 0 fully saturated rings. The van der Waals surface area contributed by atoms with Crippen molar-refractivity contribution in [2.75, 3.05) is 13.7 Å². The Balaban J connectivity index is 0.00000169. The van der Waals surface area contributed by atoms with Crippen molar-refractivity contribution in [1.82, 2.24) is 0 Å². The van der Waals surface area contributed by atoms with Crippen LogP contribution in [0.25, 0.3) is 0 Å². The number of carbonyl (C=O) groups is 1. The van der Waals surface area contributed by atoms with Gasteiger partial charge in [0.1, 0.15) is 11.3 Å². The number of rotatable bonds is 3. The quantitative estimate of drug-likeness (QED) is 0.728. The van der Waals surface area contributed by atoms with Gasteiger partial charge in [-0.2, -0.15) is 0 Å². The molecule has 1 aromatic carbocycles. The number of esters is 1. The van der Waals surface area contributed by atoms with Crippen molar-refractivity contribution in [3.63, 3.8) is 0 Å². The summed E-state index contributed by atoms with van der Waals surface area (Å²) >= 11 is 0. The van der Waals surface area contributed by atoms with Gasteiger partial charge < -0.3 is 9.47 Å². The maximum atomic E-state index is 11.3. The molecule has 0 bridgehead atoms. The zero-order valence-corrected chi connectivity index (χ0v) is 8.97. The van der Waals surface area contributed by atoms with Crippen molar-refractivity contribution in [1.29, 1.82) is 0 Å². The standard InChI is InChI=1S/C10H12O3.ClH/c1-3-13-10(11)8-6-4-5-7-9(8)12-2;/h4-7H,3H2,1-2H3;1H. The summed E-state index contributed by atoms with van der Waals surface area (Å²) in [5.41, 5.74) is 0.465. The van der Waals surface area contributed by atoms with Gasteiger partial charge in [-0.1, -0.05) is 12.1 Å². The highest BCUT2D eigenvalue weighted by atomic mass is 35.5. The molecule has 1 rings (SSSR count). The Morgan fingerprint density at radius 2 is 2.00 bits per heavy atom. The van der Waals surface area contributed by atoms with Crippen LogP contribution in [0.3, 0.4) is 0 Å². The molecule has 0 aliphatic heterocycles. The van der Waals surface area contributed by atoms with Crippen LogP contribution in [0.5, 0.6) is 5.75 Å². The molecule has 4 heteroatoms. The van der Waals surface area contributed by atoms with Crippen LogP contribution < -0.4 is 4.74 Å². The number of ether oxygens (including phenoxy) is 2. The van der Waals surface area contributed by atoms with E-state index in [4.69, 9.17) is 9.47 Å². The first-order chi connectivity index (χ1) is 6.29. The first-order valence-corrected chi connectivity index (χ1v) is 4.09. The predicted molar refractivity (Wildman–Crippen MR) is 56.2 cm³/mol. The molecule has 0 aromatic heterocycles. The number of carbonyl (C=O) groups excluding carboxylic acids is 1. The van der Waals surface area contributed by atoms with Gasteiger partial charge in [0.25, 0.3) is 0 Å². The Kier molecular flexibility index (Phi) is 5.72. The summed E-state index contributed by atoms with van der Waals surface area (Å²) in [7, 11) is 1.53. The number of halogens is 1. The van der Waals surface area contributed by atoms with Crippen LogP contribution in [0.15, 0.2) is 24.3 Å². The van der Waals surface area contributed by atoms with Crippen LogP contribution in [0.1, 0.15) is 17.3 Å². The van der Waals surface area contributed by atoms with Crippen molar-refractivity contribution in [2.24, 2.45) is 0 Å². The van der Waals surface area contributed by atoms with E-state index in [1.165, 1.54) is 7.11 Å². The van der Waals surface area contributed by atoms with Crippen LogP contribution in [0.4, 0.5) is 0 Å². The highest BCUT2D eigenvalue weighted by Crippen LogP contribution is 2.17. The van der Waals surface area contributed by atoms with E-state index in [1.54, 1.807) is 25.1 Å². The fourth-order valence-corrected chi connectivity index (χ4v) is 1.02. The molecule has 3 nitrogen and oxygen atoms in total. The molecular formula is C10H13ClO3. The Hall–Kier alpha value is -1.22. The number of hydrogen-bond donors (Lipinski definition) is 0. The first-order valence-electron chi connectivity index (χ1n) is 4.09. The molecule has 0 saturated carbocycles. The summed E-state index contributed by atoms with van der Waals surface area (Å²) < 4.78 is 9.86. The third-order valence-electron chi connectivity index (χ3n) is 1.60. The molecule has 0 heterocycles. The Morgan fingerprint density at radius 1 is 1.36 bits per heavy atom. The van der Waals surface area contributed by atoms with Gasteiger partial charge in [0.15, 0.2) is 0 Å². The Labute approximate surface area is 89.4 Å². The number of para-hydroxylation sites is 1. The normalized spacial score (nSPS) is 8.71. The van der Waals surface area contributed by atoms with E-state index in [0.29, 0.717) is 17.9 Å². The van der Waals surface area contributed by atoms with E-state index in [-0.39, 0.29) is 18.4 Å². The van der Waals surface area contributed by atoms with Crippen molar-refractivity contribution in [3.05, 3.63) is 29.8 Å². The minimum Gasteiger partial charge on any atom is -0.496 e. The van der Waals surface area contributed by atoms with Gasteiger partial charge in [-0.3, -0.25) is 0 Å². The maximum absolute atomic E-state index is 11.3. The van der Waals surface area contributed by atoms with Crippen molar-refractivity contribution >= 4 is 18.4 Å². The molecule has 0 spiro atoms. The van der Waals surface area contributed by atoms with Gasteiger partial charge in [0.2, 0.25) is 0 Å². The number of hydrogen-bond acceptors (Lipinski definition) is 3. The first kappa shape index (κ1) is 12.8. The summed E-state index contributed by atoms with van der Waals surface area (Å²) in [5, 5.41) is 0. The van der Waals surface area contributed by atoms with Gasteiger partial charge >= 0.3 is 5.97 Å². The third kappa shape index (κ3) is 2.92. The molecule has 0 saturated heterocycles.